The summed E-state index contributed by atoms with van der Waals surface area (Å²) in [5, 5.41) is 0. The van der Waals surface area contributed by atoms with Crippen LogP contribution in [0.3, 0.4) is 0 Å². The maximum Gasteiger partial charge on any atom is 0.137 e. The number of ether oxygens (including phenoxy) is 1. The van der Waals surface area contributed by atoms with Gasteiger partial charge in [0.2, 0.25) is 0 Å². The highest BCUT2D eigenvalue weighted by molar-refractivity contribution is 5.59. The summed E-state index contributed by atoms with van der Waals surface area (Å²) in [5.41, 5.74) is 3.11. The van der Waals surface area contributed by atoms with Gasteiger partial charge in [-0.2, -0.15) is 0 Å². The van der Waals surface area contributed by atoms with E-state index in [0.717, 1.165) is 30.0 Å². The molecule has 0 aliphatic heterocycles. The van der Waals surface area contributed by atoms with Crippen LogP contribution >= 0.6 is 0 Å². The van der Waals surface area contributed by atoms with Gasteiger partial charge in [0, 0.05) is 6.20 Å². The monoisotopic (exact) mass is 228 g/mol. The van der Waals surface area contributed by atoms with E-state index in [9.17, 15) is 0 Å². The lowest BCUT2D eigenvalue weighted by Gasteiger charge is -2.07. The molecule has 0 saturated heterocycles. The third-order valence-electron chi connectivity index (χ3n) is 2.63. The third-order valence-corrected chi connectivity index (χ3v) is 2.63. The van der Waals surface area contributed by atoms with Crippen LogP contribution in [-0.2, 0) is 6.42 Å². The van der Waals surface area contributed by atoms with Crippen LogP contribution in [0.25, 0.3) is 11.4 Å². The van der Waals surface area contributed by atoms with Gasteiger partial charge in [-0.1, -0.05) is 19.4 Å². The standard InChI is InChI=1S/C14H16N2O/c1-3-5-11-6-4-9-15-14(11)13-8-7-12(17-2)10-16-13/h4,6-10H,3,5H2,1-2H3. The molecule has 0 atom stereocenters. The molecule has 88 valence electrons. The molecule has 2 rings (SSSR count). The molecule has 0 aliphatic rings. The van der Waals surface area contributed by atoms with E-state index in [1.807, 2.05) is 18.2 Å². The summed E-state index contributed by atoms with van der Waals surface area (Å²) in [7, 11) is 1.64. The number of nitrogens with zero attached hydrogens (tertiary/aromatic N) is 2. The molecular weight excluding hydrogens is 212 g/mol. The van der Waals surface area contributed by atoms with Gasteiger partial charge >= 0.3 is 0 Å². The summed E-state index contributed by atoms with van der Waals surface area (Å²) in [5.74, 6) is 0.765. The van der Waals surface area contributed by atoms with E-state index >= 15 is 0 Å². The fourth-order valence-corrected chi connectivity index (χ4v) is 1.78. The Bertz CT molecular complexity index is 480. The lowest BCUT2D eigenvalue weighted by atomic mass is 10.1. The molecule has 0 N–H and O–H groups in total. The normalized spacial score (nSPS) is 10.2. The van der Waals surface area contributed by atoms with Crippen LogP contribution in [0.4, 0.5) is 0 Å². The fourth-order valence-electron chi connectivity index (χ4n) is 1.78. The van der Waals surface area contributed by atoms with Crippen molar-refractivity contribution in [3.8, 4) is 17.1 Å². The molecule has 2 aromatic rings. The number of pyridine rings is 2. The second-order valence-corrected chi connectivity index (χ2v) is 3.84. The van der Waals surface area contributed by atoms with Crippen molar-refractivity contribution in [3.05, 3.63) is 42.2 Å². The topological polar surface area (TPSA) is 35.0 Å². The highest BCUT2D eigenvalue weighted by Gasteiger charge is 2.06. The highest BCUT2D eigenvalue weighted by Crippen LogP contribution is 2.21. The molecule has 0 saturated carbocycles. The number of rotatable bonds is 4. The average Bonchev–Trinajstić information content (AvgIpc) is 2.40. The minimum atomic E-state index is 0.765. The molecule has 0 unspecified atom stereocenters. The Hall–Kier alpha value is -1.90. The van der Waals surface area contributed by atoms with Crippen LogP contribution in [0, 0.1) is 0 Å². The number of aromatic nitrogens is 2. The summed E-state index contributed by atoms with van der Waals surface area (Å²) in [6.07, 6.45) is 5.66. The zero-order chi connectivity index (χ0) is 12.1. The lowest BCUT2D eigenvalue weighted by Crippen LogP contribution is -1.95. The van der Waals surface area contributed by atoms with Crippen molar-refractivity contribution >= 4 is 0 Å². The number of hydrogen-bond donors (Lipinski definition) is 0. The molecular formula is C14H16N2O. The van der Waals surface area contributed by atoms with Gasteiger partial charge < -0.3 is 4.74 Å². The summed E-state index contributed by atoms with van der Waals surface area (Å²) in [6.45, 7) is 2.16. The molecule has 0 radical (unpaired) electrons. The largest absolute Gasteiger partial charge is 0.495 e. The van der Waals surface area contributed by atoms with Gasteiger partial charge in [-0.25, -0.2) is 0 Å². The minimum Gasteiger partial charge on any atom is -0.495 e. The first-order valence-electron chi connectivity index (χ1n) is 5.79. The van der Waals surface area contributed by atoms with E-state index in [1.165, 1.54) is 5.56 Å². The van der Waals surface area contributed by atoms with E-state index in [4.69, 9.17) is 4.74 Å². The predicted molar refractivity (Wildman–Crippen MR) is 68.0 cm³/mol. The molecule has 0 fully saturated rings. The van der Waals surface area contributed by atoms with E-state index in [-0.39, 0.29) is 0 Å². The van der Waals surface area contributed by atoms with Crippen molar-refractivity contribution < 1.29 is 4.74 Å². The van der Waals surface area contributed by atoms with Crippen molar-refractivity contribution in [2.45, 2.75) is 19.8 Å². The second-order valence-electron chi connectivity index (χ2n) is 3.84. The maximum atomic E-state index is 5.10. The van der Waals surface area contributed by atoms with Gasteiger partial charge in [-0.15, -0.1) is 0 Å². The van der Waals surface area contributed by atoms with Crippen molar-refractivity contribution in [2.75, 3.05) is 7.11 Å². The van der Waals surface area contributed by atoms with Crippen LogP contribution in [0.5, 0.6) is 5.75 Å². The van der Waals surface area contributed by atoms with Crippen molar-refractivity contribution in [2.24, 2.45) is 0 Å². The first kappa shape index (κ1) is 11.6. The van der Waals surface area contributed by atoms with E-state index in [1.54, 1.807) is 19.5 Å². The van der Waals surface area contributed by atoms with Crippen LogP contribution in [0.2, 0.25) is 0 Å². The van der Waals surface area contributed by atoms with Crippen LogP contribution in [-0.4, -0.2) is 17.1 Å². The van der Waals surface area contributed by atoms with Crippen LogP contribution in [0.15, 0.2) is 36.7 Å². The molecule has 0 amide bonds. The van der Waals surface area contributed by atoms with Gasteiger partial charge in [-0.05, 0) is 30.2 Å². The molecule has 2 aromatic heterocycles. The molecule has 17 heavy (non-hydrogen) atoms. The zero-order valence-corrected chi connectivity index (χ0v) is 10.2. The predicted octanol–water partition coefficient (Wildman–Crippen LogP) is 3.10. The number of aryl methyl sites for hydroxylation is 1. The molecule has 0 aliphatic carbocycles. The van der Waals surface area contributed by atoms with Gasteiger partial charge in [0.15, 0.2) is 0 Å². The zero-order valence-electron chi connectivity index (χ0n) is 10.2. The first-order valence-corrected chi connectivity index (χ1v) is 5.79. The summed E-state index contributed by atoms with van der Waals surface area (Å²) in [6, 6.07) is 7.93. The Morgan fingerprint density at radius 3 is 2.71 bits per heavy atom. The molecule has 2 heterocycles. The maximum absolute atomic E-state index is 5.10. The summed E-state index contributed by atoms with van der Waals surface area (Å²) >= 11 is 0. The Balaban J connectivity index is 2.37. The molecule has 0 bridgehead atoms. The van der Waals surface area contributed by atoms with E-state index < -0.39 is 0 Å². The summed E-state index contributed by atoms with van der Waals surface area (Å²) in [4.78, 5) is 8.79. The van der Waals surface area contributed by atoms with Gasteiger partial charge in [0.05, 0.1) is 24.7 Å². The highest BCUT2D eigenvalue weighted by atomic mass is 16.5. The average molecular weight is 228 g/mol. The van der Waals surface area contributed by atoms with Crippen LogP contribution in [0.1, 0.15) is 18.9 Å². The lowest BCUT2D eigenvalue weighted by molar-refractivity contribution is 0.413. The minimum absolute atomic E-state index is 0.765. The number of hydrogen-bond acceptors (Lipinski definition) is 3. The van der Waals surface area contributed by atoms with Crippen LogP contribution < -0.4 is 4.74 Å². The Morgan fingerprint density at radius 2 is 2.06 bits per heavy atom. The van der Waals surface area contributed by atoms with Crippen molar-refractivity contribution in [1.82, 2.24) is 9.97 Å². The van der Waals surface area contributed by atoms with Gasteiger partial charge in [0.1, 0.15) is 5.75 Å². The molecule has 3 nitrogen and oxygen atoms in total. The van der Waals surface area contributed by atoms with E-state index in [0.29, 0.717) is 0 Å². The third kappa shape index (κ3) is 2.61. The Morgan fingerprint density at radius 1 is 1.18 bits per heavy atom. The Labute approximate surface area is 102 Å². The smallest absolute Gasteiger partial charge is 0.137 e. The number of methoxy groups -OCH3 is 1. The quantitative estimate of drug-likeness (QED) is 0.806. The molecule has 0 aromatic carbocycles. The second kappa shape index (κ2) is 5.43. The molecule has 0 spiro atoms. The van der Waals surface area contributed by atoms with Gasteiger partial charge in [-0.3, -0.25) is 9.97 Å². The Kier molecular flexibility index (Phi) is 3.70. The summed E-state index contributed by atoms with van der Waals surface area (Å²) < 4.78 is 5.10. The fraction of sp³-hybridized carbons (Fsp3) is 0.286. The SMILES string of the molecule is CCCc1cccnc1-c1ccc(OC)cn1. The van der Waals surface area contributed by atoms with Crippen molar-refractivity contribution in [1.29, 1.82) is 0 Å². The van der Waals surface area contributed by atoms with Crippen molar-refractivity contribution in [3.63, 3.8) is 0 Å². The van der Waals surface area contributed by atoms with E-state index in [2.05, 4.69) is 23.0 Å². The first-order chi connectivity index (χ1) is 8.35. The van der Waals surface area contributed by atoms with Gasteiger partial charge in [0.25, 0.3) is 0 Å². The molecule has 3 heteroatoms.